The van der Waals surface area contributed by atoms with E-state index in [9.17, 15) is 27.2 Å². The van der Waals surface area contributed by atoms with Crippen LogP contribution >= 0.6 is 0 Å². The zero-order valence-electron chi connectivity index (χ0n) is 30.3. The Balaban J connectivity index is 0.902. The van der Waals surface area contributed by atoms with Gasteiger partial charge in [0.25, 0.3) is 0 Å². The second-order valence-electron chi connectivity index (χ2n) is 16.9. The van der Waals surface area contributed by atoms with Crippen molar-refractivity contribution in [2.45, 2.75) is 145 Å². The Bertz CT molecular complexity index is 1590. The van der Waals surface area contributed by atoms with Crippen molar-refractivity contribution < 1.29 is 51.1 Å². The molecular weight excluding hydrogens is 698 g/mol. The average molecular weight is 750 g/mol. The lowest BCUT2D eigenvalue weighted by atomic mass is 9.56. The Morgan fingerprint density at radius 1 is 0.943 bits per heavy atom. The minimum absolute atomic E-state index is 0.0706. The van der Waals surface area contributed by atoms with Gasteiger partial charge in [-0.05, 0) is 81.5 Å². The van der Waals surface area contributed by atoms with Gasteiger partial charge in [-0.1, -0.05) is 39.0 Å². The summed E-state index contributed by atoms with van der Waals surface area (Å²) in [4.78, 5) is 39.2. The molecule has 0 aromatic heterocycles. The fraction of sp³-hybridized carbons (Fsp3) is 0.744. The van der Waals surface area contributed by atoms with Gasteiger partial charge in [-0.2, -0.15) is 18.6 Å². The highest BCUT2D eigenvalue weighted by Crippen LogP contribution is 2.79. The molecule has 3 spiro atoms. The zero-order chi connectivity index (χ0) is 37.2. The quantitative estimate of drug-likeness (QED) is 0.114. The minimum Gasteiger partial charge on any atom is -0.479 e. The van der Waals surface area contributed by atoms with E-state index in [-0.39, 0.29) is 6.07 Å². The van der Waals surface area contributed by atoms with Gasteiger partial charge >= 0.3 is 6.09 Å². The molecule has 1 aliphatic heterocycles. The van der Waals surface area contributed by atoms with Gasteiger partial charge in [0.2, 0.25) is 23.2 Å². The number of hydrogen-bond donors (Lipinski definition) is 3. The molecule has 7 unspecified atom stereocenters. The van der Waals surface area contributed by atoms with E-state index in [1.807, 2.05) is 6.92 Å². The van der Waals surface area contributed by atoms with Crippen molar-refractivity contribution >= 4 is 11.9 Å². The number of carbonyl (C=O) groups is 2. The van der Waals surface area contributed by atoms with E-state index in [4.69, 9.17) is 29.7 Å². The number of Topliss-reactive ketones (excluding diaryl/α,β-unsaturated/α-hetero) is 1. The second kappa shape index (κ2) is 13.9. The van der Waals surface area contributed by atoms with Crippen LogP contribution in [0.15, 0.2) is 18.0 Å². The first-order valence-corrected chi connectivity index (χ1v) is 19.7. The molecule has 4 N–H and O–H groups in total. The van der Waals surface area contributed by atoms with Crippen molar-refractivity contribution in [3.63, 3.8) is 0 Å². The van der Waals surface area contributed by atoms with Crippen LogP contribution in [0.2, 0.25) is 0 Å². The van der Waals surface area contributed by atoms with Gasteiger partial charge in [0.1, 0.15) is 12.7 Å². The Morgan fingerprint density at radius 2 is 1.62 bits per heavy atom. The summed E-state index contributed by atoms with van der Waals surface area (Å²) >= 11 is 0. The summed E-state index contributed by atoms with van der Waals surface area (Å²) in [6.07, 6.45) is 14.2. The third-order valence-electron chi connectivity index (χ3n) is 14.0. The number of nitrogens with one attached hydrogen (secondary N) is 2. The van der Waals surface area contributed by atoms with Crippen LogP contribution in [0.3, 0.4) is 0 Å². The lowest BCUT2D eigenvalue weighted by Gasteiger charge is -2.49. The first-order valence-electron chi connectivity index (χ1n) is 19.7. The fourth-order valence-corrected chi connectivity index (χ4v) is 11.3. The molecule has 0 radical (unpaired) electrons. The average Bonchev–Trinajstić information content (AvgIpc) is 3.72. The molecule has 8 rings (SSSR count). The Morgan fingerprint density at radius 3 is 2.30 bits per heavy atom. The highest BCUT2D eigenvalue weighted by atomic mass is 19.2. The molecule has 1 aromatic carbocycles. The van der Waals surface area contributed by atoms with E-state index in [0.29, 0.717) is 67.9 Å². The molecule has 292 valence electrons. The standard InChI is InChI=1S/C39H51F4N3O7/c1-2-3-9-29(30(47)21-49-34-32(42)27(40)16-28(41)33(34)43)45-20-31(44)37(10-5-4-6-11-37)46-35(48)50-26-8-7-12-38(19-26)51-39(53-52-38)24-14-22-13-23-15-25(39)18-36(22,23)17-24/h16,20,22-26,29,45H,2-15,17-19,21,44H2,1H3,(H,46,48)/b31-20-. The monoisotopic (exact) mass is 749 g/mol. The summed E-state index contributed by atoms with van der Waals surface area (Å²) in [5.41, 5.74) is 6.54. The molecule has 7 aliphatic rings. The molecule has 3 bridgehead atoms. The molecule has 1 heterocycles. The number of alkyl carbamates (subject to hydrolysis) is 1. The maximum absolute atomic E-state index is 14.2. The van der Waals surface area contributed by atoms with Crippen molar-refractivity contribution in [2.75, 3.05) is 6.61 Å². The highest BCUT2D eigenvalue weighted by molar-refractivity contribution is 5.85. The first kappa shape index (κ1) is 36.9. The number of carbonyl (C=O) groups excluding carboxylic acids is 2. The predicted octanol–water partition coefficient (Wildman–Crippen LogP) is 7.34. The van der Waals surface area contributed by atoms with Crippen LogP contribution in [0.4, 0.5) is 22.4 Å². The number of benzene rings is 1. The van der Waals surface area contributed by atoms with Crippen LogP contribution < -0.4 is 21.1 Å². The molecular formula is C39H51F4N3O7. The third-order valence-corrected chi connectivity index (χ3v) is 14.0. The maximum atomic E-state index is 14.2. The van der Waals surface area contributed by atoms with Crippen molar-refractivity contribution in [2.24, 2.45) is 34.8 Å². The Labute approximate surface area is 307 Å². The molecule has 14 heteroatoms. The fourth-order valence-electron chi connectivity index (χ4n) is 11.3. The van der Waals surface area contributed by atoms with Crippen LogP contribution in [0.1, 0.15) is 116 Å². The summed E-state index contributed by atoms with van der Waals surface area (Å²) in [6.45, 7) is 1.09. The number of fused-ring (bicyclic) bond motifs is 4. The summed E-state index contributed by atoms with van der Waals surface area (Å²) < 4.78 is 73.6. The number of halogens is 4. The number of ketones is 1. The van der Waals surface area contributed by atoms with E-state index >= 15 is 0 Å². The van der Waals surface area contributed by atoms with Crippen LogP contribution in [0, 0.1) is 52.4 Å². The second-order valence-corrected chi connectivity index (χ2v) is 16.9. The zero-order valence-corrected chi connectivity index (χ0v) is 30.3. The van der Waals surface area contributed by atoms with Crippen molar-refractivity contribution in [1.29, 1.82) is 0 Å². The molecule has 53 heavy (non-hydrogen) atoms. The van der Waals surface area contributed by atoms with Gasteiger partial charge in [-0.3, -0.25) is 4.79 Å². The SMILES string of the molecule is CCCCC(N/C=C(\N)C1(NC(=O)OC2CCCC3(C2)OOC2(O3)C3CC4CC5CC2CC45C3)CCCCC1)C(=O)COc1c(F)c(F)cc(F)c1F. The first-order chi connectivity index (χ1) is 25.4. The molecule has 7 fully saturated rings. The number of amides is 1. The van der Waals surface area contributed by atoms with Gasteiger partial charge in [0, 0.05) is 36.9 Å². The summed E-state index contributed by atoms with van der Waals surface area (Å²) in [7, 11) is 0. The molecule has 1 aromatic rings. The summed E-state index contributed by atoms with van der Waals surface area (Å²) in [6, 6.07) is -0.818. The number of ether oxygens (including phenoxy) is 3. The largest absolute Gasteiger partial charge is 0.479 e. The molecule has 1 saturated heterocycles. The molecule has 1 amide bonds. The van der Waals surface area contributed by atoms with E-state index < -0.39 is 76.8 Å². The number of hydrogen-bond acceptors (Lipinski definition) is 9. The summed E-state index contributed by atoms with van der Waals surface area (Å²) in [5, 5.41) is 6.08. The summed E-state index contributed by atoms with van der Waals surface area (Å²) in [5.74, 6) is -8.02. The van der Waals surface area contributed by atoms with Crippen LogP contribution in [-0.4, -0.2) is 47.7 Å². The van der Waals surface area contributed by atoms with Crippen molar-refractivity contribution in [1.82, 2.24) is 10.6 Å². The Kier molecular flexibility index (Phi) is 9.65. The molecule has 6 aliphatic carbocycles. The molecule has 6 saturated carbocycles. The molecule has 7 atom stereocenters. The minimum atomic E-state index is -1.72. The van der Waals surface area contributed by atoms with Crippen LogP contribution in [0.25, 0.3) is 0 Å². The number of nitrogens with two attached hydrogens (primary N) is 1. The van der Waals surface area contributed by atoms with E-state index in [1.165, 1.54) is 12.6 Å². The van der Waals surface area contributed by atoms with Gasteiger partial charge < -0.3 is 30.6 Å². The van der Waals surface area contributed by atoms with Crippen molar-refractivity contribution in [3.05, 3.63) is 41.2 Å². The van der Waals surface area contributed by atoms with E-state index in [2.05, 4.69) is 10.6 Å². The smallest absolute Gasteiger partial charge is 0.408 e. The number of rotatable bonds is 12. The lowest BCUT2D eigenvalue weighted by molar-refractivity contribution is -0.376. The van der Waals surface area contributed by atoms with Crippen LogP contribution in [0.5, 0.6) is 5.75 Å². The van der Waals surface area contributed by atoms with Gasteiger partial charge in [0.05, 0.1) is 17.3 Å². The topological polar surface area (TPSA) is 130 Å². The normalized spacial score (nSPS) is 37.0. The third kappa shape index (κ3) is 6.28. The number of unbranched alkanes of at least 4 members (excludes halogenated alkanes) is 1. The Hall–Kier alpha value is -3.10. The van der Waals surface area contributed by atoms with Gasteiger partial charge in [-0.25, -0.2) is 13.6 Å². The van der Waals surface area contributed by atoms with Gasteiger partial charge in [0.15, 0.2) is 23.2 Å². The molecule has 10 nitrogen and oxygen atoms in total. The van der Waals surface area contributed by atoms with E-state index in [0.717, 1.165) is 69.6 Å². The van der Waals surface area contributed by atoms with E-state index in [1.54, 1.807) is 0 Å². The predicted molar refractivity (Wildman–Crippen MR) is 181 cm³/mol. The van der Waals surface area contributed by atoms with Crippen LogP contribution in [-0.2, 0) is 24.0 Å². The lowest BCUT2D eigenvalue weighted by Crippen LogP contribution is -2.55. The van der Waals surface area contributed by atoms with Crippen molar-refractivity contribution in [3.8, 4) is 5.75 Å². The highest BCUT2D eigenvalue weighted by Gasteiger charge is 2.77. The maximum Gasteiger partial charge on any atom is 0.408 e. The van der Waals surface area contributed by atoms with Gasteiger partial charge in [-0.15, -0.1) is 0 Å².